The SMILES string of the molecule is CCn1ncc(/C=C2/CCC/C(=C\c3cnn(CC)c3C)C2=O)c1C. The molecule has 1 fully saturated rings. The molecule has 0 bridgehead atoms. The summed E-state index contributed by atoms with van der Waals surface area (Å²) >= 11 is 0. The predicted molar refractivity (Wildman–Crippen MR) is 100 cm³/mol. The Labute approximate surface area is 149 Å². The molecule has 0 amide bonds. The summed E-state index contributed by atoms with van der Waals surface area (Å²) in [4.78, 5) is 12.9. The fourth-order valence-electron chi connectivity index (χ4n) is 3.40. The van der Waals surface area contributed by atoms with Crippen molar-refractivity contribution in [2.45, 2.75) is 60.0 Å². The van der Waals surface area contributed by atoms with Crippen molar-refractivity contribution >= 4 is 17.9 Å². The molecule has 2 heterocycles. The molecule has 0 saturated heterocycles. The fourth-order valence-corrected chi connectivity index (χ4v) is 3.40. The van der Waals surface area contributed by atoms with Gasteiger partial charge in [0.15, 0.2) is 5.78 Å². The Bertz CT molecular complexity index is 783. The average molecular weight is 338 g/mol. The molecule has 0 N–H and O–H groups in total. The average Bonchev–Trinajstić information content (AvgIpc) is 3.14. The lowest BCUT2D eigenvalue weighted by Crippen LogP contribution is -2.12. The van der Waals surface area contributed by atoms with Crippen molar-refractivity contribution in [2.24, 2.45) is 0 Å². The summed E-state index contributed by atoms with van der Waals surface area (Å²) in [6, 6.07) is 0. The number of hydrogen-bond donors (Lipinski definition) is 0. The van der Waals surface area contributed by atoms with Gasteiger partial charge in [0, 0.05) is 46.8 Å². The van der Waals surface area contributed by atoms with Gasteiger partial charge in [-0.05, 0) is 59.1 Å². The van der Waals surface area contributed by atoms with Gasteiger partial charge in [0.05, 0.1) is 12.4 Å². The predicted octanol–water partition coefficient (Wildman–Crippen LogP) is 3.96. The zero-order valence-electron chi connectivity index (χ0n) is 15.5. The molecule has 5 nitrogen and oxygen atoms in total. The molecule has 1 aliphatic rings. The second-order valence-corrected chi connectivity index (χ2v) is 6.52. The van der Waals surface area contributed by atoms with Gasteiger partial charge in [0.2, 0.25) is 0 Å². The van der Waals surface area contributed by atoms with Crippen LogP contribution in [-0.4, -0.2) is 25.3 Å². The van der Waals surface area contributed by atoms with Gasteiger partial charge in [-0.25, -0.2) is 0 Å². The Morgan fingerprint density at radius 3 is 1.72 bits per heavy atom. The van der Waals surface area contributed by atoms with Gasteiger partial charge >= 0.3 is 0 Å². The second-order valence-electron chi connectivity index (χ2n) is 6.52. The topological polar surface area (TPSA) is 52.7 Å². The van der Waals surface area contributed by atoms with E-state index in [4.69, 9.17) is 0 Å². The quantitative estimate of drug-likeness (QED) is 0.793. The van der Waals surface area contributed by atoms with Crippen LogP contribution in [0.5, 0.6) is 0 Å². The summed E-state index contributed by atoms with van der Waals surface area (Å²) in [7, 11) is 0. The van der Waals surface area contributed by atoms with Crippen LogP contribution in [0.1, 0.15) is 55.6 Å². The number of carbonyl (C=O) groups is 1. The normalized spacial score (nSPS) is 18.5. The van der Waals surface area contributed by atoms with E-state index in [2.05, 4.69) is 37.9 Å². The maximum absolute atomic E-state index is 12.9. The van der Waals surface area contributed by atoms with Crippen LogP contribution in [0, 0.1) is 13.8 Å². The highest BCUT2D eigenvalue weighted by Gasteiger charge is 2.21. The van der Waals surface area contributed by atoms with Gasteiger partial charge in [-0.1, -0.05) is 0 Å². The molecule has 2 aromatic heterocycles. The smallest absolute Gasteiger partial charge is 0.185 e. The number of aromatic nitrogens is 4. The van der Waals surface area contributed by atoms with Gasteiger partial charge in [0.1, 0.15) is 0 Å². The van der Waals surface area contributed by atoms with E-state index in [0.717, 1.165) is 66.0 Å². The lowest BCUT2D eigenvalue weighted by Gasteiger charge is -2.16. The summed E-state index contributed by atoms with van der Waals surface area (Å²) in [6.07, 6.45) is 10.4. The second kappa shape index (κ2) is 7.21. The largest absolute Gasteiger partial charge is 0.289 e. The Morgan fingerprint density at radius 1 is 0.920 bits per heavy atom. The van der Waals surface area contributed by atoms with Crippen molar-refractivity contribution in [1.29, 1.82) is 0 Å². The van der Waals surface area contributed by atoms with E-state index in [1.165, 1.54) is 0 Å². The van der Waals surface area contributed by atoms with E-state index in [9.17, 15) is 4.79 Å². The maximum atomic E-state index is 12.9. The Balaban J connectivity index is 1.90. The summed E-state index contributed by atoms with van der Waals surface area (Å²) in [5.41, 5.74) is 6.08. The zero-order valence-corrected chi connectivity index (χ0v) is 15.5. The van der Waals surface area contributed by atoms with Gasteiger partial charge in [0.25, 0.3) is 0 Å². The van der Waals surface area contributed by atoms with Crippen LogP contribution in [0.2, 0.25) is 0 Å². The lowest BCUT2D eigenvalue weighted by atomic mass is 9.87. The van der Waals surface area contributed by atoms with Crippen LogP contribution in [0.4, 0.5) is 0 Å². The molecule has 0 spiro atoms. The molecule has 0 radical (unpaired) electrons. The molecule has 0 unspecified atom stereocenters. The van der Waals surface area contributed by atoms with Crippen molar-refractivity contribution in [3.63, 3.8) is 0 Å². The highest BCUT2D eigenvalue weighted by molar-refractivity contribution is 6.14. The molecule has 5 heteroatoms. The van der Waals surface area contributed by atoms with Gasteiger partial charge < -0.3 is 0 Å². The van der Waals surface area contributed by atoms with Gasteiger partial charge in [-0.15, -0.1) is 0 Å². The fraction of sp³-hybridized carbons (Fsp3) is 0.450. The Kier molecular flexibility index (Phi) is 5.02. The number of ketones is 1. The first-order valence-electron chi connectivity index (χ1n) is 9.05. The molecular weight excluding hydrogens is 312 g/mol. The third-order valence-corrected chi connectivity index (χ3v) is 5.02. The van der Waals surface area contributed by atoms with E-state index in [0.29, 0.717) is 0 Å². The molecule has 0 aliphatic heterocycles. The van der Waals surface area contributed by atoms with Crippen molar-refractivity contribution in [1.82, 2.24) is 19.6 Å². The third kappa shape index (κ3) is 3.36. The molecule has 0 aromatic carbocycles. The number of nitrogens with zero attached hydrogens (tertiary/aromatic N) is 4. The van der Waals surface area contributed by atoms with E-state index in [-0.39, 0.29) is 5.78 Å². The van der Waals surface area contributed by atoms with Gasteiger partial charge in [-0.2, -0.15) is 10.2 Å². The number of rotatable bonds is 4. The third-order valence-electron chi connectivity index (χ3n) is 5.02. The van der Waals surface area contributed by atoms with Crippen LogP contribution in [0.25, 0.3) is 12.2 Å². The highest BCUT2D eigenvalue weighted by atomic mass is 16.1. The van der Waals surface area contributed by atoms with Crippen molar-refractivity contribution in [3.8, 4) is 0 Å². The number of allylic oxidation sites excluding steroid dienone is 2. The molecular formula is C20H26N4O. The van der Waals surface area contributed by atoms with Crippen molar-refractivity contribution in [2.75, 3.05) is 0 Å². The highest BCUT2D eigenvalue weighted by Crippen LogP contribution is 2.29. The molecule has 2 aromatic rings. The molecule has 0 atom stereocenters. The number of Topliss-reactive ketones (excluding diaryl/α,β-unsaturated/α-hetero) is 1. The van der Waals surface area contributed by atoms with Gasteiger partial charge in [-0.3, -0.25) is 14.2 Å². The van der Waals surface area contributed by atoms with E-state index in [1.807, 2.05) is 33.9 Å². The first kappa shape index (κ1) is 17.4. The number of aryl methyl sites for hydroxylation is 2. The number of carbonyl (C=O) groups excluding carboxylic acids is 1. The molecule has 1 saturated carbocycles. The van der Waals surface area contributed by atoms with Crippen LogP contribution >= 0.6 is 0 Å². The standard InChI is InChI=1S/C20H26N4O/c1-5-23-14(3)18(12-21-23)10-16-8-7-9-17(20(16)25)11-19-13-22-24(6-2)15(19)4/h10-13H,5-9H2,1-4H3/b16-10-,17-11+. The monoisotopic (exact) mass is 338 g/mol. The summed E-state index contributed by atoms with van der Waals surface area (Å²) < 4.78 is 3.91. The molecule has 25 heavy (non-hydrogen) atoms. The zero-order chi connectivity index (χ0) is 18.0. The van der Waals surface area contributed by atoms with E-state index >= 15 is 0 Å². The Hall–Kier alpha value is -2.43. The minimum Gasteiger partial charge on any atom is -0.289 e. The van der Waals surface area contributed by atoms with E-state index in [1.54, 1.807) is 0 Å². The minimum absolute atomic E-state index is 0.165. The van der Waals surface area contributed by atoms with Crippen molar-refractivity contribution in [3.05, 3.63) is 46.1 Å². The maximum Gasteiger partial charge on any atom is 0.185 e. The number of hydrogen-bond acceptors (Lipinski definition) is 3. The van der Waals surface area contributed by atoms with Crippen molar-refractivity contribution < 1.29 is 4.79 Å². The first-order valence-corrected chi connectivity index (χ1v) is 9.05. The molecule has 1 aliphatic carbocycles. The van der Waals surface area contributed by atoms with Crippen LogP contribution in [0.3, 0.4) is 0 Å². The molecule has 3 rings (SSSR count). The van der Waals surface area contributed by atoms with Crippen LogP contribution in [-0.2, 0) is 17.9 Å². The first-order chi connectivity index (χ1) is 12.0. The minimum atomic E-state index is 0.165. The summed E-state index contributed by atoms with van der Waals surface area (Å²) in [5, 5.41) is 8.74. The summed E-state index contributed by atoms with van der Waals surface area (Å²) in [6.45, 7) is 9.93. The van der Waals surface area contributed by atoms with Crippen LogP contribution in [0.15, 0.2) is 23.5 Å². The van der Waals surface area contributed by atoms with Crippen LogP contribution < -0.4 is 0 Å². The summed E-state index contributed by atoms with van der Waals surface area (Å²) in [5.74, 6) is 0.165. The van der Waals surface area contributed by atoms with E-state index < -0.39 is 0 Å². The molecule has 132 valence electrons. The Morgan fingerprint density at radius 2 is 1.36 bits per heavy atom. The lowest BCUT2D eigenvalue weighted by molar-refractivity contribution is -0.112.